The maximum Gasteiger partial charge on any atom is 0.276 e. The van der Waals surface area contributed by atoms with Crippen molar-refractivity contribution in [1.29, 1.82) is 0 Å². The third-order valence-corrected chi connectivity index (χ3v) is 5.09. The van der Waals surface area contributed by atoms with Crippen molar-refractivity contribution in [1.82, 2.24) is 14.7 Å². The average molecular weight is 428 g/mol. The van der Waals surface area contributed by atoms with Crippen molar-refractivity contribution in [3.05, 3.63) is 41.7 Å². The van der Waals surface area contributed by atoms with Gasteiger partial charge in [0.15, 0.2) is 5.69 Å². The number of nitrogens with one attached hydrogen (secondary N) is 2. The van der Waals surface area contributed by atoms with Crippen molar-refractivity contribution in [2.45, 2.75) is 46.1 Å². The lowest BCUT2D eigenvalue weighted by Crippen LogP contribution is -2.41. The highest BCUT2D eigenvalue weighted by molar-refractivity contribution is 6.03. The number of carbonyl (C=O) groups excluding carboxylic acids is 2. The molecule has 1 saturated heterocycles. The third-order valence-electron chi connectivity index (χ3n) is 5.09. The molecule has 0 radical (unpaired) electrons. The molecule has 8 heteroatoms. The van der Waals surface area contributed by atoms with Crippen molar-refractivity contribution < 1.29 is 14.3 Å². The summed E-state index contributed by atoms with van der Waals surface area (Å²) in [7, 11) is 0. The SMILES string of the molecule is CC(C)c1cc(C(=O)Nc2ccc(NC(=O)CN3CCOCC3)cc2)nn1C(C)(C)C. The zero-order valence-electron chi connectivity index (χ0n) is 19.1. The molecule has 31 heavy (non-hydrogen) atoms. The number of ether oxygens (including phenoxy) is 1. The highest BCUT2D eigenvalue weighted by Gasteiger charge is 2.23. The standard InChI is InChI=1S/C23H33N5O3/c1-16(2)20-14-19(26-28(20)23(3,4)5)22(30)25-18-8-6-17(7-9-18)24-21(29)15-27-10-12-31-13-11-27/h6-9,14,16H,10-13,15H2,1-5H3,(H,24,29)(H,25,30). The summed E-state index contributed by atoms with van der Waals surface area (Å²) in [6.45, 7) is 13.6. The van der Waals surface area contributed by atoms with E-state index < -0.39 is 0 Å². The Morgan fingerprint density at radius 3 is 2.16 bits per heavy atom. The third kappa shape index (κ3) is 6.15. The number of anilines is 2. The van der Waals surface area contributed by atoms with Gasteiger partial charge in [0.25, 0.3) is 5.91 Å². The van der Waals surface area contributed by atoms with Crippen LogP contribution < -0.4 is 10.6 Å². The number of amides is 2. The van der Waals surface area contributed by atoms with Crippen molar-refractivity contribution >= 4 is 23.2 Å². The van der Waals surface area contributed by atoms with E-state index in [4.69, 9.17) is 4.74 Å². The zero-order chi connectivity index (χ0) is 22.6. The van der Waals surface area contributed by atoms with E-state index >= 15 is 0 Å². The van der Waals surface area contributed by atoms with Gasteiger partial charge >= 0.3 is 0 Å². The molecule has 8 nitrogen and oxygen atoms in total. The Labute approximate surface area is 183 Å². The summed E-state index contributed by atoms with van der Waals surface area (Å²) in [4.78, 5) is 27.0. The van der Waals surface area contributed by atoms with Gasteiger partial charge < -0.3 is 15.4 Å². The highest BCUT2D eigenvalue weighted by Crippen LogP contribution is 2.24. The van der Waals surface area contributed by atoms with Crippen LogP contribution in [-0.2, 0) is 15.1 Å². The Morgan fingerprint density at radius 2 is 1.65 bits per heavy atom. The normalized spacial score (nSPS) is 15.2. The first-order valence-corrected chi connectivity index (χ1v) is 10.8. The van der Waals surface area contributed by atoms with E-state index in [1.807, 2.05) is 10.7 Å². The molecule has 1 aromatic heterocycles. The smallest absolute Gasteiger partial charge is 0.276 e. The molecule has 0 spiro atoms. The Bertz CT molecular complexity index is 906. The molecule has 3 rings (SSSR count). The van der Waals surface area contributed by atoms with Crippen LogP contribution in [-0.4, -0.2) is 59.3 Å². The first kappa shape index (κ1) is 23.0. The van der Waals surface area contributed by atoms with E-state index in [2.05, 4.69) is 55.3 Å². The van der Waals surface area contributed by atoms with Gasteiger partial charge in [-0.2, -0.15) is 5.10 Å². The Kier molecular flexibility index (Phi) is 7.12. The molecule has 2 aromatic rings. The van der Waals surface area contributed by atoms with Crippen molar-refractivity contribution in [3.63, 3.8) is 0 Å². The van der Waals surface area contributed by atoms with Gasteiger partial charge in [-0.05, 0) is 57.0 Å². The molecule has 1 aromatic carbocycles. The molecule has 168 valence electrons. The number of hydrogen-bond donors (Lipinski definition) is 2. The number of morpholine rings is 1. The molecule has 0 bridgehead atoms. The topological polar surface area (TPSA) is 88.5 Å². The van der Waals surface area contributed by atoms with Crippen LogP contribution in [0.3, 0.4) is 0 Å². The summed E-state index contributed by atoms with van der Waals surface area (Å²) in [5.74, 6) is -0.0599. The van der Waals surface area contributed by atoms with E-state index in [1.165, 1.54) is 0 Å². The van der Waals surface area contributed by atoms with E-state index in [1.54, 1.807) is 24.3 Å². The molecule has 0 unspecified atom stereocenters. The van der Waals surface area contributed by atoms with Gasteiger partial charge in [-0.1, -0.05) is 13.8 Å². The van der Waals surface area contributed by atoms with Gasteiger partial charge in [-0.25, -0.2) is 0 Å². The van der Waals surface area contributed by atoms with Crippen LogP contribution in [0.2, 0.25) is 0 Å². The summed E-state index contributed by atoms with van der Waals surface area (Å²) < 4.78 is 7.21. The second-order valence-electron chi connectivity index (χ2n) is 9.16. The fraction of sp³-hybridized carbons (Fsp3) is 0.522. The van der Waals surface area contributed by atoms with E-state index in [-0.39, 0.29) is 23.3 Å². The van der Waals surface area contributed by atoms with E-state index in [0.29, 0.717) is 36.8 Å². The zero-order valence-corrected chi connectivity index (χ0v) is 19.1. The lowest BCUT2D eigenvalue weighted by Gasteiger charge is -2.25. The van der Waals surface area contributed by atoms with Crippen LogP contribution in [0.15, 0.2) is 30.3 Å². The van der Waals surface area contributed by atoms with Gasteiger partial charge in [0, 0.05) is 30.2 Å². The largest absolute Gasteiger partial charge is 0.379 e. The number of benzene rings is 1. The van der Waals surface area contributed by atoms with Crippen LogP contribution in [0, 0.1) is 0 Å². The molecule has 2 N–H and O–H groups in total. The maximum atomic E-state index is 12.7. The van der Waals surface area contributed by atoms with Gasteiger partial charge in [-0.3, -0.25) is 19.2 Å². The quantitative estimate of drug-likeness (QED) is 0.739. The Hall–Kier alpha value is -2.71. The molecule has 2 amide bonds. The van der Waals surface area contributed by atoms with Gasteiger partial charge in [0.05, 0.1) is 25.3 Å². The molecular formula is C23H33N5O3. The summed E-state index contributed by atoms with van der Waals surface area (Å²) in [5, 5.41) is 10.3. The van der Waals surface area contributed by atoms with Crippen LogP contribution in [0.1, 0.15) is 56.7 Å². The number of rotatable bonds is 6. The molecule has 1 fully saturated rings. The predicted octanol–water partition coefficient (Wildman–Crippen LogP) is 3.28. The number of carbonyl (C=O) groups is 2. The van der Waals surface area contributed by atoms with Crippen LogP contribution in [0.4, 0.5) is 11.4 Å². The predicted molar refractivity (Wildman–Crippen MR) is 122 cm³/mol. The summed E-state index contributed by atoms with van der Waals surface area (Å²) in [6.07, 6.45) is 0. The minimum atomic E-state index is -0.256. The van der Waals surface area contributed by atoms with Crippen LogP contribution >= 0.6 is 0 Å². The first-order chi connectivity index (χ1) is 14.6. The molecule has 1 aliphatic heterocycles. The molecule has 2 heterocycles. The van der Waals surface area contributed by atoms with Gasteiger partial charge in [-0.15, -0.1) is 0 Å². The Balaban J connectivity index is 1.60. The fourth-order valence-corrected chi connectivity index (χ4v) is 3.45. The lowest BCUT2D eigenvalue weighted by atomic mass is 10.1. The average Bonchev–Trinajstić information content (AvgIpc) is 3.17. The van der Waals surface area contributed by atoms with Crippen LogP contribution in [0.25, 0.3) is 0 Å². The fourth-order valence-electron chi connectivity index (χ4n) is 3.45. The lowest BCUT2D eigenvalue weighted by molar-refractivity contribution is -0.118. The second kappa shape index (κ2) is 9.62. The molecular weight excluding hydrogens is 394 g/mol. The first-order valence-electron chi connectivity index (χ1n) is 10.8. The van der Waals surface area contributed by atoms with E-state index in [0.717, 1.165) is 18.8 Å². The minimum Gasteiger partial charge on any atom is -0.379 e. The number of nitrogens with zero attached hydrogens (tertiary/aromatic N) is 3. The van der Waals surface area contributed by atoms with Gasteiger partial charge in [0.2, 0.25) is 5.91 Å². The van der Waals surface area contributed by atoms with Crippen molar-refractivity contribution in [2.24, 2.45) is 0 Å². The maximum absolute atomic E-state index is 12.7. The molecule has 0 aliphatic carbocycles. The second-order valence-corrected chi connectivity index (χ2v) is 9.16. The summed E-state index contributed by atoms with van der Waals surface area (Å²) in [6, 6.07) is 8.95. The number of aromatic nitrogens is 2. The molecule has 1 aliphatic rings. The number of hydrogen-bond acceptors (Lipinski definition) is 5. The Morgan fingerprint density at radius 1 is 1.06 bits per heavy atom. The van der Waals surface area contributed by atoms with Crippen molar-refractivity contribution in [2.75, 3.05) is 43.5 Å². The van der Waals surface area contributed by atoms with Crippen molar-refractivity contribution in [3.8, 4) is 0 Å². The van der Waals surface area contributed by atoms with E-state index in [9.17, 15) is 9.59 Å². The molecule has 0 saturated carbocycles. The highest BCUT2D eigenvalue weighted by atomic mass is 16.5. The monoisotopic (exact) mass is 427 g/mol. The molecule has 0 atom stereocenters. The van der Waals surface area contributed by atoms with Gasteiger partial charge in [0.1, 0.15) is 0 Å². The minimum absolute atomic E-state index is 0.0624. The van der Waals surface area contributed by atoms with Crippen LogP contribution in [0.5, 0.6) is 0 Å². The summed E-state index contributed by atoms with van der Waals surface area (Å²) in [5.41, 5.74) is 2.54. The summed E-state index contributed by atoms with van der Waals surface area (Å²) >= 11 is 0.